The van der Waals surface area contributed by atoms with Crippen LogP contribution in [0, 0.1) is 0 Å². The Labute approximate surface area is 146 Å². The molecule has 2 heterocycles. The molecule has 2 aliphatic heterocycles. The van der Waals surface area contributed by atoms with Crippen molar-refractivity contribution in [3.63, 3.8) is 0 Å². The van der Waals surface area contributed by atoms with Crippen LogP contribution in [0.25, 0.3) is 0 Å². The van der Waals surface area contributed by atoms with Gasteiger partial charge in [-0.25, -0.2) is 4.79 Å². The summed E-state index contributed by atoms with van der Waals surface area (Å²) in [6.45, 7) is 0. The fourth-order valence-corrected chi connectivity index (χ4v) is 3.43. The van der Waals surface area contributed by atoms with E-state index in [4.69, 9.17) is 4.84 Å². The van der Waals surface area contributed by atoms with Crippen LogP contribution in [-0.4, -0.2) is 17.1 Å². The number of carboxylic acid groups (broad SMARTS) is 1. The largest absolute Gasteiger partial charge is 0.480 e. The maximum atomic E-state index is 11.5. The highest BCUT2D eigenvalue weighted by Gasteiger charge is 2.32. The average Bonchev–Trinajstić information content (AvgIpc) is 2.85. The molecule has 1 atom stereocenters. The molecule has 0 radical (unpaired) electrons. The monoisotopic (exact) mass is 336 g/mol. The molecule has 0 saturated heterocycles. The number of aliphatic carboxylic acids is 1. The third kappa shape index (κ3) is 3.05. The SMILES string of the molecule is O=C(O)C1CCCC2=C(N1)N(Oc1ccccc1)c1ccccc1C2. The molecule has 25 heavy (non-hydrogen) atoms. The lowest BCUT2D eigenvalue weighted by molar-refractivity contribution is -0.139. The standard InChI is InChI=1S/C20H20N2O3/c23-20(24)17-11-6-8-15-13-14-7-4-5-12-18(14)22(19(15)21-17)25-16-9-2-1-3-10-16/h1-5,7,9-10,12,17,21H,6,8,11,13H2,(H,23,24). The number of para-hydroxylation sites is 2. The molecule has 128 valence electrons. The predicted molar refractivity (Wildman–Crippen MR) is 95.1 cm³/mol. The predicted octanol–water partition coefficient (Wildman–Crippen LogP) is 3.48. The Balaban J connectivity index is 1.75. The molecule has 4 rings (SSSR count). The van der Waals surface area contributed by atoms with E-state index in [9.17, 15) is 9.90 Å². The number of hydroxylamine groups is 1. The van der Waals surface area contributed by atoms with E-state index in [-0.39, 0.29) is 0 Å². The topological polar surface area (TPSA) is 61.8 Å². The Morgan fingerprint density at radius 1 is 1.12 bits per heavy atom. The van der Waals surface area contributed by atoms with Crippen LogP contribution in [0.3, 0.4) is 0 Å². The second-order valence-corrected chi connectivity index (χ2v) is 6.38. The summed E-state index contributed by atoms with van der Waals surface area (Å²) in [6.07, 6.45) is 3.15. The van der Waals surface area contributed by atoms with Crippen LogP contribution >= 0.6 is 0 Å². The molecule has 2 aromatic rings. The van der Waals surface area contributed by atoms with Crippen LogP contribution in [0.2, 0.25) is 0 Å². The third-order valence-corrected chi connectivity index (χ3v) is 4.67. The zero-order valence-electron chi connectivity index (χ0n) is 13.8. The van der Waals surface area contributed by atoms with E-state index in [0.29, 0.717) is 12.2 Å². The molecule has 2 aliphatic rings. The van der Waals surface area contributed by atoms with Crippen LogP contribution in [0.4, 0.5) is 5.69 Å². The van der Waals surface area contributed by atoms with Crippen molar-refractivity contribution < 1.29 is 14.7 Å². The number of hydrogen-bond donors (Lipinski definition) is 2. The number of carboxylic acids is 1. The maximum Gasteiger partial charge on any atom is 0.326 e. The number of benzene rings is 2. The number of rotatable bonds is 3. The van der Waals surface area contributed by atoms with Crippen LogP contribution in [0.15, 0.2) is 66.0 Å². The van der Waals surface area contributed by atoms with E-state index in [0.717, 1.165) is 30.8 Å². The van der Waals surface area contributed by atoms with Crippen LogP contribution < -0.4 is 15.2 Å². The first-order valence-electron chi connectivity index (χ1n) is 8.55. The Hall–Kier alpha value is -2.95. The lowest BCUT2D eigenvalue weighted by atomic mass is 9.96. The van der Waals surface area contributed by atoms with Gasteiger partial charge in [-0.3, -0.25) is 0 Å². The van der Waals surface area contributed by atoms with Gasteiger partial charge in [-0.05, 0) is 55.0 Å². The second-order valence-electron chi connectivity index (χ2n) is 6.38. The number of anilines is 1. The van der Waals surface area contributed by atoms with Crippen molar-refractivity contribution in [2.75, 3.05) is 5.06 Å². The van der Waals surface area contributed by atoms with Crippen molar-refractivity contribution in [2.24, 2.45) is 0 Å². The minimum atomic E-state index is -0.827. The molecular weight excluding hydrogens is 316 g/mol. The fraction of sp³-hybridized carbons (Fsp3) is 0.250. The minimum absolute atomic E-state index is 0.598. The molecule has 2 aromatic carbocycles. The highest BCUT2D eigenvalue weighted by atomic mass is 16.7. The summed E-state index contributed by atoms with van der Waals surface area (Å²) in [4.78, 5) is 17.7. The summed E-state index contributed by atoms with van der Waals surface area (Å²) in [6, 6.07) is 17.1. The fourth-order valence-electron chi connectivity index (χ4n) is 3.43. The Morgan fingerprint density at radius 2 is 1.88 bits per heavy atom. The summed E-state index contributed by atoms with van der Waals surface area (Å²) in [7, 11) is 0. The van der Waals surface area contributed by atoms with Gasteiger partial charge in [-0.15, -0.1) is 0 Å². The minimum Gasteiger partial charge on any atom is -0.480 e. The van der Waals surface area contributed by atoms with Gasteiger partial charge in [0, 0.05) is 0 Å². The van der Waals surface area contributed by atoms with Crippen molar-refractivity contribution in [3.05, 3.63) is 71.6 Å². The van der Waals surface area contributed by atoms with Gasteiger partial charge in [0.05, 0.1) is 5.69 Å². The van der Waals surface area contributed by atoms with Crippen LogP contribution in [0.5, 0.6) is 5.75 Å². The Morgan fingerprint density at radius 3 is 2.68 bits per heavy atom. The van der Waals surface area contributed by atoms with Crippen molar-refractivity contribution in [2.45, 2.75) is 31.7 Å². The van der Waals surface area contributed by atoms with Gasteiger partial charge in [0.2, 0.25) is 0 Å². The van der Waals surface area contributed by atoms with E-state index in [1.54, 1.807) is 5.06 Å². The molecule has 0 spiro atoms. The van der Waals surface area contributed by atoms with Gasteiger partial charge < -0.3 is 15.3 Å². The lowest BCUT2D eigenvalue weighted by Gasteiger charge is -2.34. The Bertz CT molecular complexity index is 817. The molecule has 5 heteroatoms. The van der Waals surface area contributed by atoms with Gasteiger partial charge in [-0.1, -0.05) is 36.4 Å². The van der Waals surface area contributed by atoms with Crippen LogP contribution in [0.1, 0.15) is 24.8 Å². The Kier molecular flexibility index (Phi) is 4.06. The molecule has 0 bridgehead atoms. The zero-order valence-corrected chi connectivity index (χ0v) is 13.8. The molecule has 0 aliphatic carbocycles. The molecule has 0 aromatic heterocycles. The van der Waals surface area contributed by atoms with Gasteiger partial charge in [-0.2, -0.15) is 5.06 Å². The summed E-state index contributed by atoms with van der Waals surface area (Å²) in [5, 5.41) is 14.4. The summed E-state index contributed by atoms with van der Waals surface area (Å²) < 4.78 is 0. The molecule has 5 nitrogen and oxygen atoms in total. The van der Waals surface area contributed by atoms with E-state index < -0.39 is 12.0 Å². The van der Waals surface area contributed by atoms with Crippen molar-refractivity contribution in [1.29, 1.82) is 0 Å². The van der Waals surface area contributed by atoms with Crippen LogP contribution in [-0.2, 0) is 11.2 Å². The zero-order chi connectivity index (χ0) is 17.2. The second kappa shape index (κ2) is 6.51. The molecule has 0 saturated carbocycles. The van der Waals surface area contributed by atoms with Crippen molar-refractivity contribution >= 4 is 11.7 Å². The smallest absolute Gasteiger partial charge is 0.326 e. The number of nitrogens with one attached hydrogen (secondary N) is 1. The summed E-state index contributed by atoms with van der Waals surface area (Å²) in [5.74, 6) is 0.656. The number of nitrogens with zero attached hydrogens (tertiary/aromatic N) is 1. The quantitative estimate of drug-likeness (QED) is 0.898. The number of hydrogen-bond acceptors (Lipinski definition) is 4. The molecular formula is C20H20N2O3. The number of fused-ring (bicyclic) bond motifs is 1. The van der Waals surface area contributed by atoms with E-state index >= 15 is 0 Å². The lowest BCUT2D eigenvalue weighted by Crippen LogP contribution is -2.44. The highest BCUT2D eigenvalue weighted by Crippen LogP contribution is 2.36. The van der Waals surface area contributed by atoms with Gasteiger partial charge in [0.25, 0.3) is 0 Å². The summed E-state index contributed by atoms with van der Waals surface area (Å²) in [5.41, 5.74) is 3.33. The molecule has 0 fully saturated rings. The molecule has 1 unspecified atom stereocenters. The normalized spacial score (nSPS) is 19.4. The van der Waals surface area contributed by atoms with E-state index in [1.807, 2.05) is 48.5 Å². The first-order valence-corrected chi connectivity index (χ1v) is 8.55. The van der Waals surface area contributed by atoms with Gasteiger partial charge in [0.15, 0.2) is 5.75 Å². The van der Waals surface area contributed by atoms with Gasteiger partial charge in [0.1, 0.15) is 11.9 Å². The summed E-state index contributed by atoms with van der Waals surface area (Å²) >= 11 is 0. The van der Waals surface area contributed by atoms with Crippen molar-refractivity contribution in [3.8, 4) is 5.75 Å². The first-order chi connectivity index (χ1) is 12.2. The average molecular weight is 336 g/mol. The molecule has 0 amide bonds. The first kappa shape index (κ1) is 15.6. The van der Waals surface area contributed by atoms with E-state index in [1.165, 1.54) is 11.1 Å². The number of allylic oxidation sites excluding steroid dienone is 1. The van der Waals surface area contributed by atoms with E-state index in [2.05, 4.69) is 11.4 Å². The number of carbonyl (C=O) groups is 1. The maximum absolute atomic E-state index is 11.5. The van der Waals surface area contributed by atoms with Crippen molar-refractivity contribution in [1.82, 2.24) is 5.32 Å². The molecule has 2 N–H and O–H groups in total. The third-order valence-electron chi connectivity index (χ3n) is 4.67. The van der Waals surface area contributed by atoms with Gasteiger partial charge >= 0.3 is 5.97 Å². The highest BCUT2D eigenvalue weighted by molar-refractivity contribution is 5.74.